The van der Waals surface area contributed by atoms with E-state index < -0.39 is 13.9 Å². The molecule has 3 heteroatoms. The Morgan fingerprint density at radius 2 is 1.15 bits per heavy atom. The second-order valence-corrected chi connectivity index (χ2v) is 16.5. The second-order valence-electron chi connectivity index (χ2n) is 12.1. The number of nitrogens with one attached hydrogen (secondary N) is 1. The van der Waals surface area contributed by atoms with Gasteiger partial charge in [-0.2, -0.15) is 0 Å². The molecule has 0 fully saturated rings. The van der Waals surface area contributed by atoms with Crippen molar-refractivity contribution in [2.24, 2.45) is 0 Å². The Kier molecular flexibility index (Phi) is 6.39. The molecule has 0 spiro atoms. The molecule has 0 amide bonds. The molecule has 41 heavy (non-hydrogen) atoms. The van der Waals surface area contributed by atoms with Crippen LogP contribution in [0.4, 0.5) is 0 Å². The van der Waals surface area contributed by atoms with Crippen molar-refractivity contribution in [3.63, 3.8) is 0 Å². The lowest BCUT2D eigenvalue weighted by Gasteiger charge is -2.42. The topological polar surface area (TPSA) is 21.3 Å². The molecule has 0 radical (unpaired) electrons. The number of fused-ring (bicyclic) bond motifs is 7. The van der Waals surface area contributed by atoms with Gasteiger partial charge in [0.25, 0.3) is 0 Å². The first-order valence-corrected chi connectivity index (χ1v) is 17.9. The molecule has 0 unspecified atom stereocenters. The van der Waals surface area contributed by atoms with Gasteiger partial charge in [0.15, 0.2) is 8.32 Å². The van der Waals surface area contributed by atoms with Gasteiger partial charge < -0.3 is 9.74 Å². The highest BCUT2D eigenvalue weighted by molar-refractivity contribution is 6.69. The van der Waals surface area contributed by atoms with Gasteiger partial charge in [0.1, 0.15) is 5.60 Å². The van der Waals surface area contributed by atoms with Crippen LogP contribution < -0.4 is 5.32 Å². The summed E-state index contributed by atoms with van der Waals surface area (Å²) >= 11 is 0. The summed E-state index contributed by atoms with van der Waals surface area (Å²) in [7, 11) is -2.10. The molecule has 0 saturated carbocycles. The maximum atomic E-state index is 7.53. The SMILES string of the molecule is C[Si](C)(C)OC(c1ccccc1)(c1ccccc1)c1cc2ccccc2c2c1CNCc1ccc3ccccc3c1-2. The van der Waals surface area contributed by atoms with Crippen LogP contribution in [-0.2, 0) is 23.1 Å². The van der Waals surface area contributed by atoms with Crippen LogP contribution in [0.5, 0.6) is 0 Å². The average Bonchev–Trinajstić information content (AvgIpc) is 3.20. The summed E-state index contributed by atoms with van der Waals surface area (Å²) in [5.41, 5.74) is 8.08. The van der Waals surface area contributed by atoms with Crippen LogP contribution in [0.15, 0.2) is 127 Å². The zero-order valence-electron chi connectivity index (χ0n) is 23.9. The smallest absolute Gasteiger partial charge is 0.185 e. The van der Waals surface area contributed by atoms with Gasteiger partial charge in [0.2, 0.25) is 0 Å². The van der Waals surface area contributed by atoms with E-state index in [2.05, 4.69) is 152 Å². The molecule has 0 aromatic heterocycles. The van der Waals surface area contributed by atoms with E-state index in [1.807, 2.05) is 0 Å². The first-order valence-electron chi connectivity index (χ1n) is 14.5. The van der Waals surface area contributed by atoms with Gasteiger partial charge in [0.05, 0.1) is 0 Å². The minimum Gasteiger partial charge on any atom is -0.400 e. The van der Waals surface area contributed by atoms with E-state index in [1.54, 1.807) is 0 Å². The Balaban J connectivity index is 1.69. The van der Waals surface area contributed by atoms with Crippen LogP contribution in [0.25, 0.3) is 32.7 Å². The molecular weight excluding hydrogens is 515 g/mol. The summed E-state index contributed by atoms with van der Waals surface area (Å²) < 4.78 is 7.53. The van der Waals surface area contributed by atoms with Crippen LogP contribution in [0.1, 0.15) is 27.8 Å². The van der Waals surface area contributed by atoms with Crippen LogP contribution in [0.2, 0.25) is 19.6 Å². The normalized spacial score (nSPS) is 13.5. The molecule has 1 N–H and O–H groups in total. The third-order valence-electron chi connectivity index (χ3n) is 8.24. The van der Waals surface area contributed by atoms with Crippen molar-refractivity contribution in [2.45, 2.75) is 38.3 Å². The average molecular weight is 550 g/mol. The largest absolute Gasteiger partial charge is 0.400 e. The van der Waals surface area contributed by atoms with Gasteiger partial charge in [-0.25, -0.2) is 0 Å². The van der Waals surface area contributed by atoms with Crippen molar-refractivity contribution < 1.29 is 4.43 Å². The van der Waals surface area contributed by atoms with Gasteiger partial charge in [-0.05, 0) is 86.2 Å². The number of rotatable bonds is 5. The van der Waals surface area contributed by atoms with E-state index in [0.29, 0.717) is 0 Å². The lowest BCUT2D eigenvalue weighted by atomic mass is 9.75. The Labute approximate surface area is 243 Å². The fourth-order valence-electron chi connectivity index (χ4n) is 6.71. The van der Waals surface area contributed by atoms with Crippen LogP contribution in [0, 0.1) is 0 Å². The van der Waals surface area contributed by atoms with Crippen molar-refractivity contribution >= 4 is 29.9 Å². The fraction of sp³-hybridized carbons (Fsp3) is 0.158. The van der Waals surface area contributed by atoms with Gasteiger partial charge >= 0.3 is 0 Å². The maximum Gasteiger partial charge on any atom is 0.185 e. The number of hydrogen-bond donors (Lipinski definition) is 1. The molecule has 6 aromatic rings. The first-order chi connectivity index (χ1) is 20.0. The monoisotopic (exact) mass is 549 g/mol. The number of benzene rings is 6. The predicted molar refractivity (Wildman–Crippen MR) is 175 cm³/mol. The molecule has 202 valence electrons. The predicted octanol–water partition coefficient (Wildman–Crippen LogP) is 9.41. The van der Waals surface area contributed by atoms with E-state index >= 15 is 0 Å². The summed E-state index contributed by atoms with van der Waals surface area (Å²) in [6, 6.07) is 46.4. The zero-order chi connectivity index (χ0) is 28.0. The minimum atomic E-state index is -2.10. The van der Waals surface area contributed by atoms with Crippen molar-refractivity contribution in [3.05, 3.63) is 155 Å². The Morgan fingerprint density at radius 1 is 0.585 bits per heavy atom. The molecule has 1 aliphatic heterocycles. The van der Waals surface area contributed by atoms with E-state index in [4.69, 9.17) is 4.43 Å². The summed E-state index contributed by atoms with van der Waals surface area (Å²) in [5, 5.41) is 8.91. The molecule has 6 aromatic carbocycles. The molecule has 0 saturated heterocycles. The van der Waals surface area contributed by atoms with Crippen LogP contribution in [0.3, 0.4) is 0 Å². The van der Waals surface area contributed by atoms with Gasteiger partial charge in [-0.3, -0.25) is 0 Å². The quantitative estimate of drug-likeness (QED) is 0.171. The summed E-state index contributed by atoms with van der Waals surface area (Å²) in [6.07, 6.45) is 0. The standard InChI is InChI=1S/C38H35NOSi/c1-41(2,3)40-38(30-16-6-4-7-17-30,31-18-8-5-9-19-31)35-24-28-15-11-13-21-33(28)37-34(35)26-39-25-29-23-22-27-14-10-12-20-32(27)36(29)37/h4-24,39H,25-26H2,1-3H3. The third kappa shape index (κ3) is 4.42. The highest BCUT2D eigenvalue weighted by Crippen LogP contribution is 2.49. The third-order valence-corrected chi connectivity index (χ3v) is 9.16. The van der Waals surface area contributed by atoms with Gasteiger partial charge in [-0.15, -0.1) is 0 Å². The Morgan fingerprint density at radius 3 is 1.78 bits per heavy atom. The number of hydrogen-bond acceptors (Lipinski definition) is 2. The summed E-state index contributed by atoms with van der Waals surface area (Å²) in [4.78, 5) is 0. The first kappa shape index (κ1) is 25.9. The fourth-order valence-corrected chi connectivity index (χ4v) is 7.97. The van der Waals surface area contributed by atoms with Crippen molar-refractivity contribution in [3.8, 4) is 11.1 Å². The van der Waals surface area contributed by atoms with Crippen molar-refractivity contribution in [1.29, 1.82) is 0 Å². The minimum absolute atomic E-state index is 0.759. The van der Waals surface area contributed by atoms with E-state index in [9.17, 15) is 0 Å². The van der Waals surface area contributed by atoms with Crippen molar-refractivity contribution in [1.82, 2.24) is 5.32 Å². The van der Waals surface area contributed by atoms with Gasteiger partial charge in [0, 0.05) is 13.1 Å². The molecular formula is C38H35NOSi. The maximum absolute atomic E-state index is 7.53. The lowest BCUT2D eigenvalue weighted by Crippen LogP contribution is -2.43. The molecule has 2 nitrogen and oxygen atoms in total. The van der Waals surface area contributed by atoms with E-state index in [1.165, 1.54) is 49.4 Å². The zero-order valence-corrected chi connectivity index (χ0v) is 24.9. The summed E-state index contributed by atoms with van der Waals surface area (Å²) in [5.74, 6) is 0. The lowest BCUT2D eigenvalue weighted by molar-refractivity contribution is 0.146. The molecule has 1 heterocycles. The molecule has 0 bridgehead atoms. The summed E-state index contributed by atoms with van der Waals surface area (Å²) in [6.45, 7) is 8.48. The molecule has 0 atom stereocenters. The van der Waals surface area contributed by atoms with Gasteiger partial charge in [-0.1, -0.05) is 121 Å². The highest BCUT2D eigenvalue weighted by atomic mass is 28.4. The Bertz CT molecular complexity index is 1830. The van der Waals surface area contributed by atoms with Crippen LogP contribution >= 0.6 is 0 Å². The molecule has 0 aliphatic carbocycles. The van der Waals surface area contributed by atoms with E-state index in [-0.39, 0.29) is 0 Å². The molecule has 1 aliphatic rings. The highest BCUT2D eigenvalue weighted by Gasteiger charge is 2.43. The second kappa shape index (κ2) is 10.1. The van der Waals surface area contributed by atoms with Crippen LogP contribution in [-0.4, -0.2) is 8.32 Å². The van der Waals surface area contributed by atoms with Crippen molar-refractivity contribution in [2.75, 3.05) is 0 Å². The molecule has 7 rings (SSSR count). The Hall–Kier alpha value is -4.02. The van der Waals surface area contributed by atoms with E-state index in [0.717, 1.165) is 24.2 Å².